The third-order valence-electron chi connectivity index (χ3n) is 5.57. The number of aryl methyl sites for hydroxylation is 1. The van der Waals surface area contributed by atoms with Crippen LogP contribution in [0.2, 0.25) is 0 Å². The highest BCUT2D eigenvalue weighted by Crippen LogP contribution is 2.28. The Balaban J connectivity index is 1.54. The Bertz CT molecular complexity index is 1390. The van der Waals surface area contributed by atoms with E-state index >= 15 is 0 Å². The Hall–Kier alpha value is -5.12. The molecule has 0 aliphatic carbocycles. The van der Waals surface area contributed by atoms with Gasteiger partial charge in [-0.2, -0.15) is 5.10 Å². The van der Waals surface area contributed by atoms with Gasteiger partial charge in [-0.1, -0.05) is 24.8 Å². The molecule has 0 heterocycles. The van der Waals surface area contributed by atoms with E-state index in [9.17, 15) is 14.4 Å². The van der Waals surface area contributed by atoms with Gasteiger partial charge in [-0.3, -0.25) is 14.4 Å². The van der Waals surface area contributed by atoms with E-state index in [0.29, 0.717) is 41.7 Å². The van der Waals surface area contributed by atoms with Crippen LogP contribution in [-0.4, -0.2) is 43.8 Å². The molecular weight excluding hydrogens is 512 g/mol. The van der Waals surface area contributed by atoms with E-state index in [-0.39, 0.29) is 12.5 Å². The van der Waals surface area contributed by atoms with Crippen molar-refractivity contribution in [2.45, 2.75) is 20.8 Å². The standard InChI is InChI=1S/C30H32N4O6/c1-5-16-39-24-13-11-23(12-14-24)32-29(36)30(37)34-31-18-22-10-15-26(27(17-22)38-6-2)40-19-28(35)33-25-9-7-8-20(3)21(25)4/h5,7-15,17-18H,1,6,16,19H2,2-4H3,(H,32,36)(H,33,35)(H,34,37)/b31-18-. The van der Waals surface area contributed by atoms with Crippen molar-refractivity contribution in [2.24, 2.45) is 5.10 Å². The number of rotatable bonds is 12. The highest BCUT2D eigenvalue weighted by atomic mass is 16.5. The molecule has 3 rings (SSSR count). The van der Waals surface area contributed by atoms with Gasteiger partial charge in [0, 0.05) is 11.4 Å². The quantitative estimate of drug-likeness (QED) is 0.134. The van der Waals surface area contributed by atoms with Crippen LogP contribution in [0.25, 0.3) is 0 Å². The summed E-state index contributed by atoms with van der Waals surface area (Å²) >= 11 is 0. The summed E-state index contributed by atoms with van der Waals surface area (Å²) in [7, 11) is 0. The van der Waals surface area contributed by atoms with Gasteiger partial charge in [-0.05, 0) is 86.0 Å². The Morgan fingerprint density at radius 2 is 1.68 bits per heavy atom. The molecular formula is C30H32N4O6. The molecule has 40 heavy (non-hydrogen) atoms. The maximum Gasteiger partial charge on any atom is 0.329 e. The molecule has 0 aliphatic rings. The lowest BCUT2D eigenvalue weighted by molar-refractivity contribution is -0.136. The first-order valence-corrected chi connectivity index (χ1v) is 12.5. The highest BCUT2D eigenvalue weighted by Gasteiger charge is 2.14. The molecule has 0 fully saturated rings. The summed E-state index contributed by atoms with van der Waals surface area (Å²) < 4.78 is 16.7. The van der Waals surface area contributed by atoms with Crippen molar-refractivity contribution >= 4 is 35.3 Å². The van der Waals surface area contributed by atoms with E-state index in [1.165, 1.54) is 6.21 Å². The Kier molecular flexibility index (Phi) is 10.8. The van der Waals surface area contributed by atoms with Crippen molar-refractivity contribution in [3.63, 3.8) is 0 Å². The van der Waals surface area contributed by atoms with Crippen LogP contribution in [0.4, 0.5) is 11.4 Å². The highest BCUT2D eigenvalue weighted by molar-refractivity contribution is 6.39. The maximum absolute atomic E-state index is 12.4. The molecule has 0 unspecified atom stereocenters. The summed E-state index contributed by atoms with van der Waals surface area (Å²) in [6.07, 6.45) is 2.98. The summed E-state index contributed by atoms with van der Waals surface area (Å²) in [4.78, 5) is 36.7. The van der Waals surface area contributed by atoms with E-state index in [1.807, 2.05) is 39.0 Å². The van der Waals surface area contributed by atoms with Gasteiger partial charge >= 0.3 is 11.8 Å². The van der Waals surface area contributed by atoms with Gasteiger partial charge in [0.25, 0.3) is 5.91 Å². The first-order chi connectivity index (χ1) is 19.3. The summed E-state index contributed by atoms with van der Waals surface area (Å²) in [6.45, 7) is 9.82. The van der Waals surface area contributed by atoms with Crippen molar-refractivity contribution in [3.05, 3.63) is 90.0 Å². The molecule has 0 atom stereocenters. The zero-order valence-electron chi connectivity index (χ0n) is 22.7. The van der Waals surface area contributed by atoms with Crippen molar-refractivity contribution in [1.82, 2.24) is 5.43 Å². The smallest absolute Gasteiger partial charge is 0.329 e. The summed E-state index contributed by atoms with van der Waals surface area (Å²) in [5.74, 6) is -0.747. The van der Waals surface area contributed by atoms with Crippen molar-refractivity contribution in [2.75, 3.05) is 30.5 Å². The molecule has 0 saturated heterocycles. The third kappa shape index (κ3) is 8.73. The minimum Gasteiger partial charge on any atom is -0.490 e. The molecule has 0 aliphatic heterocycles. The predicted molar refractivity (Wildman–Crippen MR) is 154 cm³/mol. The van der Waals surface area contributed by atoms with Gasteiger partial charge < -0.3 is 24.8 Å². The second-order valence-electron chi connectivity index (χ2n) is 8.50. The van der Waals surface area contributed by atoms with Gasteiger partial charge in [0.15, 0.2) is 18.1 Å². The summed E-state index contributed by atoms with van der Waals surface area (Å²) in [6, 6.07) is 17.2. The molecule has 3 amide bonds. The van der Waals surface area contributed by atoms with Gasteiger partial charge in [-0.15, -0.1) is 0 Å². The van der Waals surface area contributed by atoms with E-state index in [4.69, 9.17) is 14.2 Å². The summed E-state index contributed by atoms with van der Waals surface area (Å²) in [5, 5.41) is 9.17. The van der Waals surface area contributed by atoms with Crippen LogP contribution in [0.3, 0.4) is 0 Å². The number of ether oxygens (including phenoxy) is 3. The first-order valence-electron chi connectivity index (χ1n) is 12.5. The summed E-state index contributed by atoms with van der Waals surface area (Å²) in [5.41, 5.74) is 5.98. The van der Waals surface area contributed by atoms with E-state index in [2.05, 4.69) is 27.7 Å². The van der Waals surface area contributed by atoms with E-state index in [0.717, 1.165) is 16.8 Å². The van der Waals surface area contributed by atoms with Crippen LogP contribution in [-0.2, 0) is 14.4 Å². The second kappa shape index (κ2) is 14.7. The van der Waals surface area contributed by atoms with Crippen molar-refractivity contribution in [3.8, 4) is 17.2 Å². The van der Waals surface area contributed by atoms with Crippen LogP contribution < -0.4 is 30.3 Å². The number of carbonyl (C=O) groups excluding carboxylic acids is 3. The van der Waals surface area contributed by atoms with E-state index < -0.39 is 11.8 Å². The number of nitrogens with zero attached hydrogens (tertiary/aromatic N) is 1. The molecule has 10 heteroatoms. The topological polar surface area (TPSA) is 127 Å². The van der Waals surface area contributed by atoms with Crippen LogP contribution in [0, 0.1) is 13.8 Å². The molecule has 0 aromatic heterocycles. The largest absolute Gasteiger partial charge is 0.490 e. The Morgan fingerprint density at radius 3 is 2.40 bits per heavy atom. The molecule has 10 nitrogen and oxygen atoms in total. The number of hydrazone groups is 1. The SMILES string of the molecule is C=CCOc1ccc(NC(=O)C(=O)N/N=C\c2ccc(OCC(=O)Nc3cccc(C)c3C)c(OCC)c2)cc1. The number of carbonyl (C=O) groups is 3. The minimum atomic E-state index is -0.942. The number of amides is 3. The fourth-order valence-corrected chi connectivity index (χ4v) is 3.40. The zero-order valence-corrected chi connectivity index (χ0v) is 22.7. The molecule has 3 aromatic rings. The van der Waals surface area contributed by atoms with Crippen LogP contribution in [0.5, 0.6) is 17.2 Å². The molecule has 3 N–H and O–H groups in total. The molecule has 208 valence electrons. The van der Waals surface area contributed by atoms with Gasteiger partial charge in [0.1, 0.15) is 12.4 Å². The number of hydrogen-bond donors (Lipinski definition) is 3. The van der Waals surface area contributed by atoms with Crippen LogP contribution in [0.1, 0.15) is 23.6 Å². The average molecular weight is 545 g/mol. The van der Waals surface area contributed by atoms with Gasteiger partial charge in [0.2, 0.25) is 0 Å². The fourth-order valence-electron chi connectivity index (χ4n) is 3.40. The molecule has 3 aromatic carbocycles. The van der Waals surface area contributed by atoms with Crippen LogP contribution >= 0.6 is 0 Å². The second-order valence-corrected chi connectivity index (χ2v) is 8.50. The lowest BCUT2D eigenvalue weighted by atomic mass is 10.1. The Labute approximate surface area is 233 Å². The van der Waals surface area contributed by atoms with E-state index in [1.54, 1.807) is 48.5 Å². The minimum absolute atomic E-state index is 0.212. The molecule has 0 radical (unpaired) electrons. The average Bonchev–Trinajstić information content (AvgIpc) is 2.94. The lowest BCUT2D eigenvalue weighted by Gasteiger charge is -2.14. The molecule has 0 bridgehead atoms. The van der Waals surface area contributed by atoms with Gasteiger partial charge in [0.05, 0.1) is 12.8 Å². The Morgan fingerprint density at radius 1 is 0.900 bits per heavy atom. The van der Waals surface area contributed by atoms with Crippen LogP contribution in [0.15, 0.2) is 78.4 Å². The number of benzene rings is 3. The van der Waals surface area contributed by atoms with Crippen molar-refractivity contribution < 1.29 is 28.6 Å². The number of hydrogen-bond acceptors (Lipinski definition) is 7. The first kappa shape index (κ1) is 29.4. The number of nitrogens with one attached hydrogen (secondary N) is 3. The zero-order chi connectivity index (χ0) is 28.9. The third-order valence-corrected chi connectivity index (χ3v) is 5.57. The maximum atomic E-state index is 12.4. The molecule has 0 saturated carbocycles. The molecule has 0 spiro atoms. The monoisotopic (exact) mass is 544 g/mol. The van der Waals surface area contributed by atoms with Crippen molar-refractivity contribution in [1.29, 1.82) is 0 Å². The predicted octanol–water partition coefficient (Wildman–Crippen LogP) is 4.37. The van der Waals surface area contributed by atoms with Gasteiger partial charge in [-0.25, -0.2) is 5.43 Å². The lowest BCUT2D eigenvalue weighted by Crippen LogP contribution is -2.32. The fraction of sp³-hybridized carbons (Fsp3) is 0.200. The normalized spacial score (nSPS) is 10.5. The number of anilines is 2.